The van der Waals surface area contributed by atoms with Gasteiger partial charge in [0.15, 0.2) is 0 Å². The molecule has 0 heterocycles. The van der Waals surface area contributed by atoms with Crippen LogP contribution in [0.5, 0.6) is 0 Å². The molecule has 0 saturated carbocycles. The van der Waals surface area contributed by atoms with Crippen LogP contribution in [0.2, 0.25) is 0 Å². The van der Waals surface area contributed by atoms with Gasteiger partial charge >= 0.3 is 0 Å². The first kappa shape index (κ1) is 36.3. The highest BCUT2D eigenvalue weighted by Crippen LogP contribution is 1.92. The highest BCUT2D eigenvalue weighted by Gasteiger charge is 1.72. The van der Waals surface area contributed by atoms with Gasteiger partial charge in [-0.25, -0.2) is 20.4 Å². The number of aryl methyl sites for hydroxylation is 1. The second-order valence-electron chi connectivity index (χ2n) is 1.86. The van der Waals surface area contributed by atoms with Crippen molar-refractivity contribution in [2.24, 2.45) is 0 Å². The summed E-state index contributed by atoms with van der Waals surface area (Å²) in [4.78, 5) is 16.7. The smallest absolute Gasteiger partial charge is 0.222 e. The van der Waals surface area contributed by atoms with Crippen LogP contribution in [0.4, 0.5) is 0 Å². The van der Waals surface area contributed by atoms with Gasteiger partial charge in [-0.05, 0) is 6.92 Å². The standard InChI is InChI=1S/C7H8.2CHNO.4CH4/c1-7-5-3-2-4-6-7;2*2-1-3;;;;/h2-6H,1H3;2*2H;4*1H4. The van der Waals surface area contributed by atoms with Crippen LogP contribution in [-0.2, 0) is 9.59 Å². The summed E-state index contributed by atoms with van der Waals surface area (Å²) in [6.45, 7) is 2.08. The summed E-state index contributed by atoms with van der Waals surface area (Å²) >= 11 is 0. The molecular weight excluding hydrogens is 216 g/mol. The van der Waals surface area contributed by atoms with Gasteiger partial charge < -0.3 is 0 Å². The fraction of sp³-hybridized carbons (Fsp3) is 0.385. The van der Waals surface area contributed by atoms with E-state index in [9.17, 15) is 0 Å². The summed E-state index contributed by atoms with van der Waals surface area (Å²) in [5, 5.41) is 10.8. The van der Waals surface area contributed by atoms with Crippen molar-refractivity contribution in [1.82, 2.24) is 0 Å². The molecule has 0 aliphatic rings. The molecule has 0 aromatic heterocycles. The van der Waals surface area contributed by atoms with Crippen LogP contribution in [0, 0.1) is 17.7 Å². The van der Waals surface area contributed by atoms with Gasteiger partial charge in [-0.3, -0.25) is 0 Å². The maximum atomic E-state index is 8.35. The number of hydrogen-bond acceptors (Lipinski definition) is 4. The molecule has 1 aromatic rings. The number of benzene rings is 1. The second-order valence-corrected chi connectivity index (χ2v) is 1.86. The van der Waals surface area contributed by atoms with E-state index < -0.39 is 0 Å². The van der Waals surface area contributed by atoms with Gasteiger partial charge in [0.2, 0.25) is 12.2 Å². The molecular formula is C13H26N2O2. The molecule has 17 heavy (non-hydrogen) atoms. The molecule has 0 aliphatic heterocycles. The topological polar surface area (TPSA) is 81.8 Å². The van der Waals surface area contributed by atoms with Crippen molar-refractivity contribution in [2.45, 2.75) is 36.6 Å². The molecule has 0 saturated heterocycles. The lowest BCUT2D eigenvalue weighted by Gasteiger charge is -1.82. The Balaban J connectivity index is -0.0000000271. The zero-order chi connectivity index (χ0) is 10.5. The molecule has 1 rings (SSSR count). The number of nitrogens with one attached hydrogen (secondary N) is 2. The van der Waals surface area contributed by atoms with Gasteiger partial charge in [0.05, 0.1) is 0 Å². The average Bonchev–Trinajstić information content (AvgIpc) is 2.08. The molecule has 2 N–H and O–H groups in total. The third-order valence-corrected chi connectivity index (χ3v) is 0.940. The predicted molar refractivity (Wildman–Crippen MR) is 74.9 cm³/mol. The van der Waals surface area contributed by atoms with E-state index >= 15 is 0 Å². The highest BCUT2D eigenvalue weighted by atomic mass is 16.1. The van der Waals surface area contributed by atoms with Crippen LogP contribution >= 0.6 is 0 Å². The average molecular weight is 242 g/mol. The van der Waals surface area contributed by atoms with Gasteiger partial charge in [0.1, 0.15) is 0 Å². The molecule has 4 heteroatoms. The van der Waals surface area contributed by atoms with Gasteiger partial charge in [0, 0.05) is 0 Å². The third-order valence-electron chi connectivity index (χ3n) is 0.940. The van der Waals surface area contributed by atoms with Crippen molar-refractivity contribution in [3.63, 3.8) is 0 Å². The number of carbonyl (C=O) groups excluding carboxylic acids is 2. The molecule has 0 spiro atoms. The van der Waals surface area contributed by atoms with Crippen LogP contribution in [0.25, 0.3) is 0 Å². The number of hydrogen-bond donors (Lipinski definition) is 2. The van der Waals surface area contributed by atoms with E-state index in [2.05, 4.69) is 19.1 Å². The minimum Gasteiger partial charge on any atom is -0.222 e. The first-order valence-electron chi connectivity index (χ1n) is 3.32. The van der Waals surface area contributed by atoms with Crippen molar-refractivity contribution in [3.05, 3.63) is 35.9 Å². The molecule has 0 fully saturated rings. The largest absolute Gasteiger partial charge is 0.231 e. The first-order valence-corrected chi connectivity index (χ1v) is 3.32. The van der Waals surface area contributed by atoms with Crippen molar-refractivity contribution in [2.75, 3.05) is 0 Å². The summed E-state index contributed by atoms with van der Waals surface area (Å²) in [5.41, 5.74) is 1.32. The lowest BCUT2D eigenvalue weighted by Crippen LogP contribution is -1.62. The van der Waals surface area contributed by atoms with Crippen LogP contribution in [-0.4, -0.2) is 12.2 Å². The van der Waals surface area contributed by atoms with Gasteiger partial charge in [-0.15, -0.1) is 0 Å². The summed E-state index contributed by atoms with van der Waals surface area (Å²) in [6.07, 6.45) is 1.50. The number of rotatable bonds is 0. The summed E-state index contributed by atoms with van der Waals surface area (Å²) in [6, 6.07) is 10.3. The summed E-state index contributed by atoms with van der Waals surface area (Å²) in [7, 11) is 0. The van der Waals surface area contributed by atoms with Crippen molar-refractivity contribution < 1.29 is 9.59 Å². The molecule has 0 amide bonds. The maximum Gasteiger partial charge on any atom is 0.231 e. The minimum atomic E-state index is 0. The lowest BCUT2D eigenvalue weighted by atomic mass is 10.2. The normalized spacial score (nSPS) is 4.53. The zero-order valence-electron chi connectivity index (χ0n) is 7.20. The third kappa shape index (κ3) is 56.1. The lowest BCUT2D eigenvalue weighted by molar-refractivity contribution is 0.562. The van der Waals surface area contributed by atoms with Crippen LogP contribution in [0.1, 0.15) is 35.3 Å². The monoisotopic (exact) mass is 242 g/mol. The van der Waals surface area contributed by atoms with E-state index in [1.165, 1.54) is 5.56 Å². The molecule has 0 radical (unpaired) electrons. The van der Waals surface area contributed by atoms with Gasteiger partial charge in [-0.2, -0.15) is 0 Å². The molecule has 0 aliphatic carbocycles. The van der Waals surface area contributed by atoms with E-state index in [0.717, 1.165) is 12.2 Å². The Kier molecular flexibility index (Phi) is 79.0. The van der Waals surface area contributed by atoms with E-state index in [4.69, 9.17) is 20.4 Å². The Morgan fingerprint density at radius 1 is 0.824 bits per heavy atom. The summed E-state index contributed by atoms with van der Waals surface area (Å²) in [5.74, 6) is 0. The van der Waals surface area contributed by atoms with E-state index in [1.54, 1.807) is 0 Å². The Hall–Kier alpha value is -2.02. The Morgan fingerprint density at radius 2 is 1.06 bits per heavy atom. The van der Waals surface area contributed by atoms with E-state index in [0.29, 0.717) is 0 Å². The fourth-order valence-electron chi connectivity index (χ4n) is 0.534. The van der Waals surface area contributed by atoms with Gasteiger partial charge in [-0.1, -0.05) is 65.6 Å². The van der Waals surface area contributed by atoms with Crippen LogP contribution < -0.4 is 0 Å². The zero-order valence-corrected chi connectivity index (χ0v) is 7.20. The second kappa shape index (κ2) is 37.0. The van der Waals surface area contributed by atoms with E-state index in [1.807, 2.05) is 18.2 Å². The van der Waals surface area contributed by atoms with E-state index in [-0.39, 0.29) is 29.7 Å². The van der Waals surface area contributed by atoms with Crippen molar-refractivity contribution >= 4 is 12.2 Å². The van der Waals surface area contributed by atoms with Crippen molar-refractivity contribution in [3.8, 4) is 0 Å². The Labute approximate surface area is 106 Å². The molecule has 0 atom stereocenters. The van der Waals surface area contributed by atoms with Crippen LogP contribution in [0.15, 0.2) is 30.3 Å². The van der Waals surface area contributed by atoms with Gasteiger partial charge in [0.25, 0.3) is 0 Å². The first-order chi connectivity index (χ1) is 6.22. The van der Waals surface area contributed by atoms with Crippen molar-refractivity contribution in [1.29, 1.82) is 10.8 Å². The quantitative estimate of drug-likeness (QED) is 0.524. The molecule has 100 valence electrons. The number of isocyanates is 2. The fourth-order valence-corrected chi connectivity index (χ4v) is 0.534. The SMILES string of the molecule is C.C.C.C.Cc1ccccc1.N=C=O.N=C=O. The minimum absolute atomic E-state index is 0. The predicted octanol–water partition coefficient (Wildman–Crippen LogP) is 4.34. The Bertz CT molecular complexity index is 261. The summed E-state index contributed by atoms with van der Waals surface area (Å²) < 4.78 is 0. The Morgan fingerprint density at radius 3 is 1.18 bits per heavy atom. The molecule has 0 bridgehead atoms. The molecule has 0 unspecified atom stereocenters. The maximum absolute atomic E-state index is 8.35. The highest BCUT2D eigenvalue weighted by molar-refractivity contribution is 5.26. The molecule has 1 aromatic carbocycles. The molecule has 4 nitrogen and oxygen atoms in total. The van der Waals surface area contributed by atoms with Crippen LogP contribution in [0.3, 0.4) is 0 Å².